The fourth-order valence-corrected chi connectivity index (χ4v) is 1.21. The van der Waals surface area contributed by atoms with Crippen molar-refractivity contribution in [2.75, 3.05) is 6.26 Å². The first kappa shape index (κ1) is 8.68. The van der Waals surface area contributed by atoms with Crippen molar-refractivity contribution in [2.45, 2.75) is 4.90 Å². The topological polar surface area (TPSA) is 70.8 Å². The summed E-state index contributed by atoms with van der Waals surface area (Å²) in [6.45, 7) is 0. The van der Waals surface area contributed by atoms with Crippen molar-refractivity contribution in [2.24, 2.45) is 0 Å². The summed E-state index contributed by atoms with van der Waals surface area (Å²) in [7, 11) is -3.27. The first-order chi connectivity index (χ1) is 5.54. The van der Waals surface area contributed by atoms with E-state index in [2.05, 4.69) is 11.2 Å². The molecule has 4 nitrogen and oxygen atoms in total. The number of pyridine rings is 1. The highest BCUT2D eigenvalue weighted by molar-refractivity contribution is 7.90. The zero-order chi connectivity index (χ0) is 9.19. The summed E-state index contributed by atoms with van der Waals surface area (Å²) in [5.74, 6) is 0. The van der Waals surface area contributed by atoms with Crippen molar-refractivity contribution >= 4 is 9.84 Å². The molecule has 0 bridgehead atoms. The van der Waals surface area contributed by atoms with Gasteiger partial charge >= 0.3 is 0 Å². The molecular weight excluding hydrogens is 176 g/mol. The Kier molecular flexibility index (Phi) is 2.11. The van der Waals surface area contributed by atoms with Gasteiger partial charge in [-0.3, -0.25) is 4.98 Å². The second-order valence-corrected chi connectivity index (χ2v) is 4.23. The fourth-order valence-electron chi connectivity index (χ4n) is 0.637. The second kappa shape index (κ2) is 2.91. The highest BCUT2D eigenvalue weighted by Crippen LogP contribution is 2.07. The molecule has 0 spiro atoms. The summed E-state index contributed by atoms with van der Waals surface area (Å²) < 4.78 is 21.9. The molecule has 1 radical (unpaired) electrons. The van der Waals surface area contributed by atoms with Gasteiger partial charge in [0.2, 0.25) is 0 Å². The van der Waals surface area contributed by atoms with Crippen LogP contribution in [0.5, 0.6) is 0 Å². The molecule has 1 aromatic rings. The van der Waals surface area contributed by atoms with Crippen LogP contribution in [0.1, 0.15) is 5.56 Å². The van der Waals surface area contributed by atoms with E-state index in [9.17, 15) is 8.42 Å². The Morgan fingerprint density at radius 3 is 2.83 bits per heavy atom. The van der Waals surface area contributed by atoms with Crippen LogP contribution < -0.4 is 0 Å². The van der Waals surface area contributed by atoms with Gasteiger partial charge in [-0.15, -0.1) is 0 Å². The molecule has 0 atom stereocenters. The number of nitriles is 1. The largest absolute Gasteiger partial charge is 0.252 e. The number of sulfone groups is 1. The van der Waals surface area contributed by atoms with E-state index in [0.29, 0.717) is 0 Å². The number of nitrogens with zero attached hydrogens (tertiary/aromatic N) is 2. The first-order valence-electron chi connectivity index (χ1n) is 3.02. The molecule has 0 aliphatic carbocycles. The van der Waals surface area contributed by atoms with E-state index in [-0.39, 0.29) is 10.5 Å². The first-order valence-corrected chi connectivity index (χ1v) is 4.91. The van der Waals surface area contributed by atoms with Gasteiger partial charge < -0.3 is 0 Å². The van der Waals surface area contributed by atoms with Crippen LogP contribution in [-0.4, -0.2) is 19.7 Å². The molecule has 0 saturated heterocycles. The lowest BCUT2D eigenvalue weighted by molar-refractivity contribution is 0.601. The summed E-state index contributed by atoms with van der Waals surface area (Å²) in [4.78, 5) is 3.53. The normalized spacial score (nSPS) is 10.7. The molecule has 0 aliphatic rings. The van der Waals surface area contributed by atoms with Crippen molar-refractivity contribution in [1.82, 2.24) is 4.98 Å². The average Bonchev–Trinajstić information content (AvgIpc) is 2.03. The van der Waals surface area contributed by atoms with Crippen LogP contribution in [0.3, 0.4) is 0 Å². The van der Waals surface area contributed by atoms with Crippen LogP contribution >= 0.6 is 0 Å². The summed E-state index contributed by atoms with van der Waals surface area (Å²) in [6, 6.07) is 3.00. The molecule has 0 N–H and O–H groups in total. The van der Waals surface area contributed by atoms with Gasteiger partial charge in [-0.25, -0.2) is 8.42 Å². The minimum Gasteiger partial charge on any atom is -0.252 e. The molecule has 1 aromatic heterocycles. The average molecular weight is 181 g/mol. The van der Waals surface area contributed by atoms with Gasteiger partial charge in [-0.1, -0.05) is 0 Å². The van der Waals surface area contributed by atoms with E-state index in [4.69, 9.17) is 5.26 Å². The third kappa shape index (κ3) is 1.80. The van der Waals surface area contributed by atoms with Crippen LogP contribution in [-0.2, 0) is 9.84 Å². The van der Waals surface area contributed by atoms with E-state index < -0.39 is 9.84 Å². The summed E-state index contributed by atoms with van der Waals surface area (Å²) in [5.41, 5.74) is 0.123. The molecule has 0 aromatic carbocycles. The molecule has 0 aliphatic heterocycles. The zero-order valence-electron chi connectivity index (χ0n) is 6.27. The van der Waals surface area contributed by atoms with E-state index >= 15 is 0 Å². The summed E-state index contributed by atoms with van der Waals surface area (Å²) in [6.07, 6.45) is 4.58. The zero-order valence-corrected chi connectivity index (χ0v) is 7.09. The van der Waals surface area contributed by atoms with Gasteiger partial charge in [0.05, 0.1) is 10.5 Å². The van der Waals surface area contributed by atoms with Gasteiger partial charge in [0.25, 0.3) is 0 Å². The Labute approximate surface area is 70.4 Å². The Bertz CT molecular complexity index is 431. The second-order valence-electron chi connectivity index (χ2n) is 2.21. The molecular formula is C7H5N2O2S. The van der Waals surface area contributed by atoms with Crippen LogP contribution in [0.2, 0.25) is 0 Å². The van der Waals surface area contributed by atoms with Crippen LogP contribution in [0.15, 0.2) is 17.2 Å². The van der Waals surface area contributed by atoms with Gasteiger partial charge in [0.15, 0.2) is 9.84 Å². The van der Waals surface area contributed by atoms with E-state index in [1.165, 1.54) is 6.07 Å². The van der Waals surface area contributed by atoms with E-state index in [1.54, 1.807) is 6.07 Å². The quantitative estimate of drug-likeness (QED) is 0.618. The summed E-state index contributed by atoms with van der Waals surface area (Å²) >= 11 is 0. The Balaban J connectivity index is 3.32. The van der Waals surface area contributed by atoms with Crippen molar-refractivity contribution in [3.8, 4) is 6.07 Å². The molecule has 5 heteroatoms. The SMILES string of the molecule is CS(=O)(=O)c1cn[c]c(C#N)c1. The van der Waals surface area contributed by atoms with Crippen LogP contribution in [0, 0.1) is 17.5 Å². The lowest BCUT2D eigenvalue weighted by atomic mass is 10.3. The van der Waals surface area contributed by atoms with Gasteiger partial charge in [0.1, 0.15) is 12.3 Å². The number of hydrogen-bond donors (Lipinski definition) is 0. The predicted molar refractivity (Wildman–Crippen MR) is 40.9 cm³/mol. The Morgan fingerprint density at radius 2 is 2.33 bits per heavy atom. The van der Waals surface area contributed by atoms with E-state index in [1.807, 2.05) is 0 Å². The molecule has 0 saturated carbocycles. The third-order valence-electron chi connectivity index (χ3n) is 1.21. The molecule has 61 valence electrons. The van der Waals surface area contributed by atoms with Crippen molar-refractivity contribution in [1.29, 1.82) is 5.26 Å². The molecule has 0 unspecified atom stereocenters. The van der Waals surface area contributed by atoms with Gasteiger partial charge in [-0.05, 0) is 6.07 Å². The number of rotatable bonds is 1. The van der Waals surface area contributed by atoms with Crippen molar-refractivity contribution in [3.63, 3.8) is 0 Å². The minimum atomic E-state index is -3.27. The van der Waals surface area contributed by atoms with Crippen molar-refractivity contribution < 1.29 is 8.42 Å². The maximum atomic E-state index is 10.9. The van der Waals surface area contributed by atoms with Crippen LogP contribution in [0.25, 0.3) is 0 Å². The monoisotopic (exact) mass is 181 g/mol. The highest BCUT2D eigenvalue weighted by atomic mass is 32.2. The molecule has 1 heterocycles. The third-order valence-corrected chi connectivity index (χ3v) is 2.29. The smallest absolute Gasteiger partial charge is 0.177 e. The molecule has 0 fully saturated rings. The summed E-state index contributed by atoms with van der Waals surface area (Å²) in [5, 5.41) is 8.41. The Morgan fingerprint density at radius 1 is 1.67 bits per heavy atom. The minimum absolute atomic E-state index is 0.0396. The lowest BCUT2D eigenvalue weighted by Gasteiger charge is -1.95. The fraction of sp³-hybridized carbons (Fsp3) is 0.143. The number of aromatic nitrogens is 1. The van der Waals surface area contributed by atoms with Gasteiger partial charge in [0, 0.05) is 12.5 Å². The van der Waals surface area contributed by atoms with E-state index in [0.717, 1.165) is 12.5 Å². The standard InChI is InChI=1S/C7H5N2O2S/c1-12(10,11)7-2-6(3-8)4-9-5-7/h2,5H,1H3. The van der Waals surface area contributed by atoms with Gasteiger partial charge in [-0.2, -0.15) is 5.26 Å². The molecule has 1 rings (SSSR count). The predicted octanol–water partition coefficient (Wildman–Crippen LogP) is 0.157. The number of hydrogen-bond acceptors (Lipinski definition) is 4. The lowest BCUT2D eigenvalue weighted by Crippen LogP contribution is -1.98. The van der Waals surface area contributed by atoms with Crippen molar-refractivity contribution in [3.05, 3.63) is 24.0 Å². The molecule has 0 amide bonds. The Hall–Kier alpha value is -1.41. The molecule has 12 heavy (non-hydrogen) atoms. The highest BCUT2D eigenvalue weighted by Gasteiger charge is 2.07. The van der Waals surface area contributed by atoms with Crippen LogP contribution in [0.4, 0.5) is 0 Å². The maximum Gasteiger partial charge on any atom is 0.177 e. The maximum absolute atomic E-state index is 10.9.